The topological polar surface area (TPSA) is 61.7 Å². The van der Waals surface area contributed by atoms with Gasteiger partial charge in [-0.15, -0.1) is 24.8 Å². The molecule has 0 amide bonds. The van der Waals surface area contributed by atoms with Gasteiger partial charge in [0.15, 0.2) is 0 Å². The fraction of sp³-hybridized carbons (Fsp3) is 0.625. The molecule has 0 bridgehead atoms. The molecule has 1 rings (SSSR count). The molecular formula is C16H29Cl2NO3. The monoisotopic (exact) mass is 353 g/mol. The molecule has 22 heavy (non-hydrogen) atoms. The van der Waals surface area contributed by atoms with Crippen LogP contribution in [0.5, 0.6) is 0 Å². The lowest BCUT2D eigenvalue weighted by Gasteiger charge is -2.26. The Balaban J connectivity index is 0. The molecule has 4 nitrogen and oxygen atoms in total. The molecule has 0 aliphatic heterocycles. The molecule has 0 aliphatic carbocycles. The number of hydrogen-bond acceptors (Lipinski definition) is 4. The summed E-state index contributed by atoms with van der Waals surface area (Å²) in [5.74, 6) is 0. The smallest absolute Gasteiger partial charge is 0.0898 e. The molecule has 2 unspecified atom stereocenters. The Kier molecular flexibility index (Phi) is 13.2. The lowest BCUT2D eigenvalue weighted by Crippen LogP contribution is -2.47. The predicted molar refractivity (Wildman–Crippen MR) is 95.1 cm³/mol. The van der Waals surface area contributed by atoms with Crippen LogP contribution in [0.25, 0.3) is 0 Å². The Labute approximate surface area is 146 Å². The third-order valence-electron chi connectivity index (χ3n) is 3.24. The zero-order valence-corrected chi connectivity index (χ0v) is 15.1. The first-order chi connectivity index (χ1) is 9.48. The maximum atomic E-state index is 9.93. The summed E-state index contributed by atoms with van der Waals surface area (Å²) in [6, 6.07) is 10.0. The van der Waals surface area contributed by atoms with Crippen LogP contribution in [0.3, 0.4) is 0 Å². The van der Waals surface area contributed by atoms with Crippen molar-refractivity contribution in [2.24, 2.45) is 0 Å². The zero-order chi connectivity index (χ0) is 15.0. The second-order valence-electron chi connectivity index (χ2n) is 5.72. The number of rotatable bonds is 9. The van der Waals surface area contributed by atoms with Crippen molar-refractivity contribution in [2.45, 2.75) is 44.9 Å². The molecule has 2 atom stereocenters. The molecule has 1 aromatic rings. The fourth-order valence-electron chi connectivity index (χ4n) is 1.85. The Hall–Kier alpha value is -0.360. The van der Waals surface area contributed by atoms with Crippen LogP contribution in [0.4, 0.5) is 0 Å². The van der Waals surface area contributed by atoms with E-state index in [1.807, 2.05) is 44.2 Å². The van der Waals surface area contributed by atoms with Crippen molar-refractivity contribution in [3.05, 3.63) is 35.9 Å². The second kappa shape index (κ2) is 12.1. The van der Waals surface area contributed by atoms with Crippen LogP contribution in [-0.2, 0) is 4.74 Å². The molecular weight excluding hydrogens is 325 g/mol. The largest absolute Gasteiger partial charge is 0.394 e. The van der Waals surface area contributed by atoms with Gasteiger partial charge in [0, 0.05) is 12.1 Å². The molecule has 0 saturated heterocycles. The molecule has 0 fully saturated rings. The molecule has 6 heteroatoms. The first-order valence-electron chi connectivity index (χ1n) is 7.19. The summed E-state index contributed by atoms with van der Waals surface area (Å²) in [4.78, 5) is 0. The van der Waals surface area contributed by atoms with E-state index in [9.17, 15) is 5.11 Å². The van der Waals surface area contributed by atoms with E-state index in [4.69, 9.17) is 9.84 Å². The molecule has 1 aromatic carbocycles. The van der Waals surface area contributed by atoms with Gasteiger partial charge in [-0.2, -0.15) is 0 Å². The highest BCUT2D eigenvalue weighted by atomic mass is 35.5. The highest BCUT2D eigenvalue weighted by Crippen LogP contribution is 2.20. The normalized spacial score (nSPS) is 13.7. The summed E-state index contributed by atoms with van der Waals surface area (Å²) >= 11 is 0. The molecule has 0 saturated carbocycles. The summed E-state index contributed by atoms with van der Waals surface area (Å²) in [6.07, 6.45) is 0.294. The van der Waals surface area contributed by atoms with Crippen molar-refractivity contribution >= 4 is 24.8 Å². The standard InChI is InChI=1S/C16H27NO3.2ClH/c1-4-15(13-8-6-5-7-9-13)20-11-14(19)10-17-16(2,3)12-18;;/h5-9,14-15,17-19H,4,10-12H2,1-3H3;2*1H. The van der Waals surface area contributed by atoms with Crippen molar-refractivity contribution < 1.29 is 14.9 Å². The number of nitrogens with one attached hydrogen (secondary N) is 1. The van der Waals surface area contributed by atoms with Crippen molar-refractivity contribution in [2.75, 3.05) is 19.8 Å². The van der Waals surface area contributed by atoms with Crippen LogP contribution in [-0.4, -0.2) is 41.6 Å². The summed E-state index contributed by atoms with van der Waals surface area (Å²) in [5.41, 5.74) is 0.746. The van der Waals surface area contributed by atoms with E-state index in [0.717, 1.165) is 12.0 Å². The van der Waals surface area contributed by atoms with Gasteiger partial charge < -0.3 is 20.3 Å². The molecule has 0 aromatic heterocycles. The second-order valence-corrected chi connectivity index (χ2v) is 5.72. The van der Waals surface area contributed by atoms with Crippen LogP contribution < -0.4 is 5.32 Å². The van der Waals surface area contributed by atoms with E-state index in [1.54, 1.807) is 0 Å². The molecule has 0 spiro atoms. The van der Waals surface area contributed by atoms with Gasteiger partial charge in [0.25, 0.3) is 0 Å². The minimum absolute atomic E-state index is 0. The Morgan fingerprint density at radius 1 is 1.18 bits per heavy atom. The maximum Gasteiger partial charge on any atom is 0.0898 e. The molecule has 0 radical (unpaired) electrons. The Morgan fingerprint density at radius 2 is 1.77 bits per heavy atom. The Bertz CT molecular complexity index is 377. The number of benzene rings is 1. The number of hydrogen-bond donors (Lipinski definition) is 3. The average molecular weight is 354 g/mol. The van der Waals surface area contributed by atoms with Gasteiger partial charge in [-0.1, -0.05) is 37.3 Å². The van der Waals surface area contributed by atoms with E-state index in [0.29, 0.717) is 6.54 Å². The van der Waals surface area contributed by atoms with Crippen LogP contribution in [0, 0.1) is 0 Å². The number of β-amino-alcohol motifs (C(OH)–C–C–N with tert-alkyl or cyclic N) is 1. The van der Waals surface area contributed by atoms with Crippen molar-refractivity contribution in [1.82, 2.24) is 5.32 Å². The van der Waals surface area contributed by atoms with Crippen molar-refractivity contribution in [3.63, 3.8) is 0 Å². The lowest BCUT2D eigenvalue weighted by molar-refractivity contribution is -0.0142. The van der Waals surface area contributed by atoms with Crippen LogP contribution >= 0.6 is 24.8 Å². The first-order valence-corrected chi connectivity index (χ1v) is 7.19. The van der Waals surface area contributed by atoms with Gasteiger partial charge in [-0.25, -0.2) is 0 Å². The summed E-state index contributed by atoms with van der Waals surface area (Å²) in [7, 11) is 0. The summed E-state index contributed by atoms with van der Waals surface area (Å²) in [6.45, 7) is 6.55. The number of halogens is 2. The molecule has 3 N–H and O–H groups in total. The summed E-state index contributed by atoms with van der Waals surface area (Å²) < 4.78 is 5.79. The summed E-state index contributed by atoms with van der Waals surface area (Å²) in [5, 5.41) is 22.2. The minimum atomic E-state index is -0.585. The van der Waals surface area contributed by atoms with E-state index < -0.39 is 6.10 Å². The van der Waals surface area contributed by atoms with Crippen molar-refractivity contribution in [1.29, 1.82) is 0 Å². The first kappa shape index (κ1) is 23.9. The maximum absolute atomic E-state index is 9.93. The highest BCUT2D eigenvalue weighted by molar-refractivity contribution is 5.85. The number of aliphatic hydroxyl groups excluding tert-OH is 2. The SMILES string of the molecule is CCC(OCC(O)CNC(C)(C)CO)c1ccccc1.Cl.Cl. The van der Waals surface area contributed by atoms with E-state index in [-0.39, 0.29) is 49.7 Å². The van der Waals surface area contributed by atoms with Gasteiger partial charge in [-0.05, 0) is 25.8 Å². The van der Waals surface area contributed by atoms with Gasteiger partial charge in [0.2, 0.25) is 0 Å². The van der Waals surface area contributed by atoms with Gasteiger partial charge >= 0.3 is 0 Å². The molecule has 0 aliphatic rings. The van der Waals surface area contributed by atoms with Gasteiger partial charge in [0.05, 0.1) is 25.4 Å². The quantitative estimate of drug-likeness (QED) is 0.638. The van der Waals surface area contributed by atoms with Crippen LogP contribution in [0.2, 0.25) is 0 Å². The highest BCUT2D eigenvalue weighted by Gasteiger charge is 2.18. The van der Waals surface area contributed by atoms with Crippen LogP contribution in [0.1, 0.15) is 38.9 Å². The minimum Gasteiger partial charge on any atom is -0.394 e. The van der Waals surface area contributed by atoms with E-state index in [2.05, 4.69) is 12.2 Å². The number of aliphatic hydroxyl groups is 2. The molecule has 130 valence electrons. The van der Waals surface area contributed by atoms with Gasteiger partial charge in [0.1, 0.15) is 0 Å². The predicted octanol–water partition coefficient (Wildman–Crippen LogP) is 2.72. The van der Waals surface area contributed by atoms with E-state index in [1.165, 1.54) is 0 Å². The number of ether oxygens (including phenoxy) is 1. The average Bonchev–Trinajstić information content (AvgIpc) is 2.47. The van der Waals surface area contributed by atoms with Crippen LogP contribution in [0.15, 0.2) is 30.3 Å². The van der Waals surface area contributed by atoms with Crippen molar-refractivity contribution in [3.8, 4) is 0 Å². The fourth-order valence-corrected chi connectivity index (χ4v) is 1.85. The lowest BCUT2D eigenvalue weighted by atomic mass is 10.1. The van der Waals surface area contributed by atoms with Gasteiger partial charge in [-0.3, -0.25) is 0 Å². The third-order valence-corrected chi connectivity index (χ3v) is 3.24. The third kappa shape index (κ3) is 8.93. The Morgan fingerprint density at radius 3 is 2.27 bits per heavy atom. The van der Waals surface area contributed by atoms with E-state index >= 15 is 0 Å². The zero-order valence-electron chi connectivity index (χ0n) is 13.5. The molecule has 0 heterocycles.